The number of hydrogen-bond donors (Lipinski definition) is 2. The van der Waals surface area contributed by atoms with Gasteiger partial charge in [-0.1, -0.05) is 30.3 Å². The van der Waals surface area contributed by atoms with Crippen molar-refractivity contribution in [1.82, 2.24) is 15.6 Å². The topological polar surface area (TPSA) is 67.8 Å². The Morgan fingerprint density at radius 1 is 1.31 bits per heavy atom. The van der Waals surface area contributed by atoms with E-state index in [1.807, 2.05) is 18.2 Å². The highest BCUT2D eigenvalue weighted by Gasteiger charge is 2.15. The van der Waals surface area contributed by atoms with E-state index < -0.39 is 0 Å². The molecule has 2 heterocycles. The number of benzene rings is 1. The van der Waals surface area contributed by atoms with E-state index in [1.165, 1.54) is 5.56 Å². The molecule has 1 aromatic heterocycles. The largest absolute Gasteiger partial charge is 0.381 e. The molecule has 0 saturated carbocycles. The first kappa shape index (κ1) is 21.7. The molecule has 1 saturated heterocycles. The van der Waals surface area contributed by atoms with Crippen LogP contribution in [0.5, 0.6) is 0 Å². The number of nitrogens with zero attached hydrogens (tertiary/aromatic N) is 2. The van der Waals surface area contributed by atoms with Crippen LogP contribution in [0.2, 0.25) is 0 Å². The smallest absolute Gasteiger partial charge is 0.191 e. The molecule has 2 N–H and O–H groups in total. The summed E-state index contributed by atoms with van der Waals surface area (Å²) in [4.78, 5) is 9.38. The minimum Gasteiger partial charge on any atom is -0.381 e. The third-order valence-corrected chi connectivity index (χ3v) is 5.62. The maximum atomic E-state index is 5.74. The molecule has 1 unspecified atom stereocenters. The zero-order chi connectivity index (χ0) is 20.2. The summed E-state index contributed by atoms with van der Waals surface area (Å²) in [6, 6.07) is 10.3. The number of aliphatic imine (C=N–C) groups is 1. The lowest BCUT2D eigenvalue weighted by atomic mass is 10.1. The number of aromatic nitrogens is 1. The third-order valence-electron chi connectivity index (χ3n) is 4.68. The van der Waals surface area contributed by atoms with E-state index in [2.05, 4.69) is 40.1 Å². The van der Waals surface area contributed by atoms with E-state index in [9.17, 15) is 0 Å². The van der Waals surface area contributed by atoms with Crippen molar-refractivity contribution >= 4 is 17.3 Å². The number of ether oxygens (including phenoxy) is 2. The highest BCUT2D eigenvalue weighted by Crippen LogP contribution is 2.23. The van der Waals surface area contributed by atoms with Gasteiger partial charge in [-0.2, -0.15) is 0 Å². The summed E-state index contributed by atoms with van der Waals surface area (Å²) in [7, 11) is 0. The van der Waals surface area contributed by atoms with Gasteiger partial charge < -0.3 is 20.1 Å². The first-order valence-corrected chi connectivity index (χ1v) is 11.4. The van der Waals surface area contributed by atoms with Gasteiger partial charge in [0.1, 0.15) is 5.01 Å². The van der Waals surface area contributed by atoms with Gasteiger partial charge >= 0.3 is 0 Å². The Labute approximate surface area is 177 Å². The summed E-state index contributed by atoms with van der Waals surface area (Å²) in [6.07, 6.45) is 2.93. The molecule has 2 aromatic rings. The molecule has 1 atom stereocenters. The number of nitrogens with one attached hydrogen (secondary N) is 2. The van der Waals surface area contributed by atoms with Crippen LogP contribution in [0.3, 0.4) is 0 Å². The van der Waals surface area contributed by atoms with Crippen molar-refractivity contribution in [2.45, 2.75) is 26.2 Å². The quantitative estimate of drug-likeness (QED) is 0.334. The van der Waals surface area contributed by atoms with Crippen molar-refractivity contribution in [1.29, 1.82) is 0 Å². The Morgan fingerprint density at radius 3 is 3.00 bits per heavy atom. The van der Waals surface area contributed by atoms with Crippen LogP contribution in [0.1, 0.15) is 25.5 Å². The maximum absolute atomic E-state index is 5.74. The zero-order valence-electron chi connectivity index (χ0n) is 17.2. The molecule has 1 aliphatic rings. The van der Waals surface area contributed by atoms with Crippen molar-refractivity contribution in [3.05, 3.63) is 41.4 Å². The highest BCUT2D eigenvalue weighted by atomic mass is 32.1. The molecular weight excluding hydrogens is 384 g/mol. The first-order chi connectivity index (χ1) is 14.3. The molecule has 158 valence electrons. The van der Waals surface area contributed by atoms with Crippen LogP contribution in [0.4, 0.5) is 0 Å². The summed E-state index contributed by atoms with van der Waals surface area (Å²) in [6.45, 7) is 7.77. The molecule has 3 rings (SSSR count). The van der Waals surface area contributed by atoms with Crippen LogP contribution >= 0.6 is 11.3 Å². The average molecular weight is 417 g/mol. The fraction of sp³-hybridized carbons (Fsp3) is 0.545. The lowest BCUT2D eigenvalue weighted by Crippen LogP contribution is -2.38. The average Bonchev–Trinajstić information content (AvgIpc) is 3.43. The summed E-state index contributed by atoms with van der Waals surface area (Å²) < 4.78 is 11.1. The van der Waals surface area contributed by atoms with E-state index in [0.717, 1.165) is 82.0 Å². The van der Waals surface area contributed by atoms with Crippen LogP contribution in [-0.2, 0) is 15.9 Å². The molecule has 1 aliphatic heterocycles. The molecule has 6 nitrogen and oxygen atoms in total. The van der Waals surface area contributed by atoms with Gasteiger partial charge in [0.2, 0.25) is 0 Å². The van der Waals surface area contributed by atoms with Gasteiger partial charge in [-0.15, -0.1) is 11.3 Å². The number of hydrogen-bond acceptors (Lipinski definition) is 5. The molecule has 0 bridgehead atoms. The molecule has 0 amide bonds. The van der Waals surface area contributed by atoms with Crippen LogP contribution < -0.4 is 10.6 Å². The van der Waals surface area contributed by atoms with Crippen LogP contribution in [-0.4, -0.2) is 57.0 Å². The molecule has 0 radical (unpaired) electrons. The monoisotopic (exact) mass is 416 g/mol. The van der Waals surface area contributed by atoms with Gasteiger partial charge in [-0.3, -0.25) is 4.99 Å². The van der Waals surface area contributed by atoms with Crippen LogP contribution in [0, 0.1) is 5.92 Å². The molecule has 0 aliphatic carbocycles. The van der Waals surface area contributed by atoms with Crippen molar-refractivity contribution in [3.63, 3.8) is 0 Å². The Morgan fingerprint density at radius 2 is 2.21 bits per heavy atom. The fourth-order valence-corrected chi connectivity index (χ4v) is 3.97. The van der Waals surface area contributed by atoms with E-state index in [1.54, 1.807) is 11.3 Å². The molecule has 1 aromatic carbocycles. The van der Waals surface area contributed by atoms with E-state index in [4.69, 9.17) is 14.5 Å². The molecule has 0 spiro atoms. The van der Waals surface area contributed by atoms with Gasteiger partial charge in [0.25, 0.3) is 0 Å². The predicted octanol–water partition coefficient (Wildman–Crippen LogP) is 3.35. The number of guanidine groups is 1. The van der Waals surface area contributed by atoms with Gasteiger partial charge in [0.15, 0.2) is 5.96 Å². The van der Waals surface area contributed by atoms with E-state index in [0.29, 0.717) is 5.92 Å². The molecule has 1 fully saturated rings. The third kappa shape index (κ3) is 7.76. The second kappa shape index (κ2) is 12.6. The van der Waals surface area contributed by atoms with Crippen LogP contribution in [0.15, 0.2) is 40.7 Å². The summed E-state index contributed by atoms with van der Waals surface area (Å²) in [5.41, 5.74) is 2.29. The van der Waals surface area contributed by atoms with Gasteiger partial charge in [-0.05, 0) is 19.8 Å². The Bertz CT molecular complexity index is 729. The second-order valence-corrected chi connectivity index (χ2v) is 7.96. The number of rotatable bonds is 11. The lowest BCUT2D eigenvalue weighted by Gasteiger charge is -2.11. The molecule has 7 heteroatoms. The molecule has 29 heavy (non-hydrogen) atoms. The summed E-state index contributed by atoms with van der Waals surface area (Å²) in [5.74, 6) is 1.43. The first-order valence-electron chi connectivity index (χ1n) is 10.5. The van der Waals surface area contributed by atoms with Crippen molar-refractivity contribution in [3.8, 4) is 10.6 Å². The highest BCUT2D eigenvalue weighted by molar-refractivity contribution is 7.13. The van der Waals surface area contributed by atoms with E-state index >= 15 is 0 Å². The van der Waals surface area contributed by atoms with Crippen molar-refractivity contribution in [2.24, 2.45) is 10.9 Å². The standard InChI is InChI=1S/C22H32N4O2S/c1-2-23-22(24-11-6-13-27-15-18-10-14-28-16-18)25-12-9-20-17-29-21(26-20)19-7-4-3-5-8-19/h3-5,7-8,17-18H,2,6,9-16H2,1H3,(H2,23,24,25). The van der Waals surface area contributed by atoms with Gasteiger partial charge in [0, 0.05) is 56.1 Å². The predicted molar refractivity (Wildman–Crippen MR) is 120 cm³/mol. The number of thiazole rings is 1. The Kier molecular flexibility index (Phi) is 9.42. The van der Waals surface area contributed by atoms with Crippen molar-refractivity contribution in [2.75, 3.05) is 46.1 Å². The SMILES string of the molecule is CCNC(=NCCCOCC1CCOC1)NCCc1csc(-c2ccccc2)n1. The summed E-state index contributed by atoms with van der Waals surface area (Å²) >= 11 is 1.70. The zero-order valence-corrected chi connectivity index (χ0v) is 18.0. The van der Waals surface area contributed by atoms with Gasteiger partial charge in [0.05, 0.1) is 18.9 Å². The fourth-order valence-electron chi connectivity index (χ4n) is 3.11. The van der Waals surface area contributed by atoms with Gasteiger partial charge in [-0.25, -0.2) is 4.98 Å². The normalized spacial score (nSPS) is 16.9. The summed E-state index contributed by atoms with van der Waals surface area (Å²) in [5, 5.41) is 9.91. The molecular formula is C22H32N4O2S. The second-order valence-electron chi connectivity index (χ2n) is 7.11. The Hall–Kier alpha value is -1.96. The van der Waals surface area contributed by atoms with Crippen molar-refractivity contribution < 1.29 is 9.47 Å². The Balaban J connectivity index is 1.34. The lowest BCUT2D eigenvalue weighted by molar-refractivity contribution is 0.0893. The minimum absolute atomic E-state index is 0.575. The van der Waals surface area contributed by atoms with E-state index in [-0.39, 0.29) is 0 Å². The maximum Gasteiger partial charge on any atom is 0.191 e. The minimum atomic E-state index is 0.575. The van der Waals surface area contributed by atoms with Crippen LogP contribution in [0.25, 0.3) is 10.6 Å².